The summed E-state index contributed by atoms with van der Waals surface area (Å²) in [5, 5.41) is 13.2. The first kappa shape index (κ1) is 11.9. The number of nitrogens with zero attached hydrogens (tertiary/aromatic N) is 1. The molecule has 0 aliphatic carbocycles. The molecule has 1 aliphatic heterocycles. The van der Waals surface area contributed by atoms with Crippen molar-refractivity contribution < 1.29 is 0 Å². The third-order valence-electron chi connectivity index (χ3n) is 3.09. The average molecular weight is 212 g/mol. The Labute approximate surface area is 91.4 Å². The smallest absolute Gasteiger partial charge is 0.118 e. The van der Waals surface area contributed by atoms with E-state index in [0.29, 0.717) is 11.3 Å². The summed E-state index contributed by atoms with van der Waals surface area (Å²) >= 11 is 1.92. The summed E-state index contributed by atoms with van der Waals surface area (Å²) in [5.41, 5.74) is -0.279. The molecule has 3 heteroatoms. The van der Waals surface area contributed by atoms with Crippen LogP contribution in [0.25, 0.3) is 0 Å². The highest BCUT2D eigenvalue weighted by Crippen LogP contribution is 2.34. The third-order valence-corrected chi connectivity index (χ3v) is 4.52. The van der Waals surface area contributed by atoms with Gasteiger partial charge in [0.25, 0.3) is 0 Å². The predicted octanol–water partition coefficient (Wildman–Crippen LogP) is 2.55. The van der Waals surface area contributed by atoms with Gasteiger partial charge in [-0.05, 0) is 31.9 Å². The standard InChI is InChI=1S/C11H20N2S/c1-4-9(2)13-11(8-12)6-5-7-14-10(11)3/h9-10,13H,4-7H2,1-3H3. The van der Waals surface area contributed by atoms with Crippen molar-refractivity contribution in [1.29, 1.82) is 5.26 Å². The molecule has 0 radical (unpaired) electrons. The topological polar surface area (TPSA) is 35.8 Å². The molecular formula is C11H20N2S. The van der Waals surface area contributed by atoms with Crippen LogP contribution in [0.4, 0.5) is 0 Å². The largest absolute Gasteiger partial charge is 0.296 e. The normalized spacial score (nSPS) is 34.9. The lowest BCUT2D eigenvalue weighted by molar-refractivity contribution is 0.328. The van der Waals surface area contributed by atoms with Crippen LogP contribution in [-0.4, -0.2) is 22.6 Å². The van der Waals surface area contributed by atoms with Crippen LogP contribution in [0.5, 0.6) is 0 Å². The van der Waals surface area contributed by atoms with Crippen LogP contribution in [0.15, 0.2) is 0 Å². The van der Waals surface area contributed by atoms with Gasteiger partial charge in [-0.2, -0.15) is 17.0 Å². The molecule has 80 valence electrons. The number of hydrogen-bond donors (Lipinski definition) is 1. The molecule has 0 saturated carbocycles. The van der Waals surface area contributed by atoms with E-state index in [4.69, 9.17) is 0 Å². The molecule has 0 aromatic heterocycles. The van der Waals surface area contributed by atoms with Crippen LogP contribution >= 0.6 is 11.8 Å². The maximum atomic E-state index is 9.33. The van der Waals surface area contributed by atoms with Crippen LogP contribution < -0.4 is 5.32 Å². The maximum Gasteiger partial charge on any atom is 0.118 e. The summed E-state index contributed by atoms with van der Waals surface area (Å²) in [6, 6.07) is 2.94. The highest BCUT2D eigenvalue weighted by Gasteiger charge is 2.39. The van der Waals surface area contributed by atoms with Crippen LogP contribution in [-0.2, 0) is 0 Å². The number of rotatable bonds is 3. The highest BCUT2D eigenvalue weighted by molar-refractivity contribution is 8.00. The molecule has 1 saturated heterocycles. The van der Waals surface area contributed by atoms with E-state index in [0.717, 1.165) is 19.3 Å². The molecule has 0 spiro atoms. The van der Waals surface area contributed by atoms with Crippen LogP contribution in [0.2, 0.25) is 0 Å². The fraction of sp³-hybridized carbons (Fsp3) is 0.909. The highest BCUT2D eigenvalue weighted by atomic mass is 32.2. The van der Waals surface area contributed by atoms with Crippen molar-refractivity contribution in [3.05, 3.63) is 0 Å². The van der Waals surface area contributed by atoms with Crippen LogP contribution in [0, 0.1) is 11.3 Å². The molecule has 14 heavy (non-hydrogen) atoms. The Bertz CT molecular complexity index is 224. The summed E-state index contributed by atoms with van der Waals surface area (Å²) in [5.74, 6) is 1.20. The molecule has 1 heterocycles. The van der Waals surface area contributed by atoms with Gasteiger partial charge in [0.2, 0.25) is 0 Å². The van der Waals surface area contributed by atoms with Crippen molar-refractivity contribution in [2.75, 3.05) is 5.75 Å². The Balaban J connectivity index is 2.69. The second-order valence-corrected chi connectivity index (χ2v) is 5.60. The fourth-order valence-electron chi connectivity index (χ4n) is 1.87. The lowest BCUT2D eigenvalue weighted by Crippen LogP contribution is -2.55. The Kier molecular flexibility index (Phi) is 4.28. The molecule has 1 N–H and O–H groups in total. The lowest BCUT2D eigenvalue weighted by atomic mass is 9.90. The van der Waals surface area contributed by atoms with E-state index >= 15 is 0 Å². The number of nitrogens with one attached hydrogen (secondary N) is 1. The molecule has 0 aromatic rings. The third kappa shape index (κ3) is 2.43. The SMILES string of the molecule is CCC(C)NC1(C#N)CCCSC1C. The number of hydrogen-bond acceptors (Lipinski definition) is 3. The zero-order chi connectivity index (χ0) is 10.6. The first-order chi connectivity index (χ1) is 6.64. The van der Waals surface area contributed by atoms with Crippen molar-refractivity contribution in [2.24, 2.45) is 0 Å². The Hall–Kier alpha value is -0.200. The lowest BCUT2D eigenvalue weighted by Gasteiger charge is -2.39. The van der Waals surface area contributed by atoms with Gasteiger partial charge in [0, 0.05) is 11.3 Å². The van der Waals surface area contributed by atoms with E-state index in [1.807, 2.05) is 11.8 Å². The first-order valence-electron chi connectivity index (χ1n) is 5.45. The van der Waals surface area contributed by atoms with E-state index in [1.165, 1.54) is 5.75 Å². The van der Waals surface area contributed by atoms with Gasteiger partial charge in [0.15, 0.2) is 0 Å². The fourth-order valence-corrected chi connectivity index (χ4v) is 3.05. The zero-order valence-corrected chi connectivity index (χ0v) is 10.2. The molecule has 1 rings (SSSR count). The summed E-state index contributed by atoms with van der Waals surface area (Å²) in [7, 11) is 0. The molecule has 1 aliphatic rings. The molecule has 3 atom stereocenters. The quantitative estimate of drug-likeness (QED) is 0.781. The summed E-state index contributed by atoms with van der Waals surface area (Å²) < 4.78 is 0. The molecule has 1 fully saturated rings. The first-order valence-corrected chi connectivity index (χ1v) is 6.50. The summed E-state index contributed by atoms with van der Waals surface area (Å²) in [6.45, 7) is 6.48. The van der Waals surface area contributed by atoms with Gasteiger partial charge in [0.1, 0.15) is 5.54 Å². The second kappa shape index (κ2) is 5.04. The van der Waals surface area contributed by atoms with Gasteiger partial charge in [-0.1, -0.05) is 13.8 Å². The molecule has 0 amide bonds. The van der Waals surface area contributed by atoms with E-state index < -0.39 is 0 Å². The van der Waals surface area contributed by atoms with E-state index in [1.54, 1.807) is 0 Å². The van der Waals surface area contributed by atoms with Crippen molar-refractivity contribution in [3.63, 3.8) is 0 Å². The van der Waals surface area contributed by atoms with Gasteiger partial charge in [0.05, 0.1) is 6.07 Å². The minimum Gasteiger partial charge on any atom is -0.296 e. The number of nitriles is 1. The van der Waals surface area contributed by atoms with E-state index in [2.05, 4.69) is 32.2 Å². The summed E-state index contributed by atoms with van der Waals surface area (Å²) in [4.78, 5) is 0. The van der Waals surface area contributed by atoms with Gasteiger partial charge >= 0.3 is 0 Å². The van der Waals surface area contributed by atoms with Crippen molar-refractivity contribution in [2.45, 2.75) is 56.9 Å². The Morgan fingerprint density at radius 3 is 2.93 bits per heavy atom. The minimum atomic E-state index is -0.279. The summed E-state index contributed by atoms with van der Waals surface area (Å²) in [6.07, 6.45) is 3.24. The molecular weight excluding hydrogens is 192 g/mol. The molecule has 0 aromatic carbocycles. The number of thioether (sulfide) groups is 1. The Morgan fingerprint density at radius 2 is 2.43 bits per heavy atom. The van der Waals surface area contributed by atoms with Gasteiger partial charge in [-0.25, -0.2) is 0 Å². The minimum absolute atomic E-state index is 0.279. The van der Waals surface area contributed by atoms with Crippen molar-refractivity contribution in [3.8, 4) is 6.07 Å². The van der Waals surface area contributed by atoms with Crippen molar-refractivity contribution in [1.82, 2.24) is 5.32 Å². The van der Waals surface area contributed by atoms with Crippen LogP contribution in [0.1, 0.15) is 40.0 Å². The van der Waals surface area contributed by atoms with E-state index in [9.17, 15) is 5.26 Å². The molecule has 0 bridgehead atoms. The van der Waals surface area contributed by atoms with Crippen LogP contribution in [0.3, 0.4) is 0 Å². The van der Waals surface area contributed by atoms with Gasteiger partial charge in [-0.3, -0.25) is 5.32 Å². The second-order valence-electron chi connectivity index (χ2n) is 4.15. The molecule has 2 nitrogen and oxygen atoms in total. The van der Waals surface area contributed by atoms with E-state index in [-0.39, 0.29) is 5.54 Å². The maximum absolute atomic E-state index is 9.33. The molecule has 3 unspecified atom stereocenters. The van der Waals surface area contributed by atoms with Gasteiger partial charge < -0.3 is 0 Å². The average Bonchev–Trinajstić information content (AvgIpc) is 2.21. The zero-order valence-electron chi connectivity index (χ0n) is 9.34. The monoisotopic (exact) mass is 212 g/mol. The van der Waals surface area contributed by atoms with Gasteiger partial charge in [-0.15, -0.1) is 0 Å². The predicted molar refractivity (Wildman–Crippen MR) is 62.4 cm³/mol. The van der Waals surface area contributed by atoms with Crippen molar-refractivity contribution >= 4 is 11.8 Å². The Morgan fingerprint density at radius 1 is 1.71 bits per heavy atom.